The molecule has 0 aliphatic carbocycles. The lowest BCUT2D eigenvalue weighted by molar-refractivity contribution is 0.0779. The predicted molar refractivity (Wildman–Crippen MR) is 84.0 cm³/mol. The summed E-state index contributed by atoms with van der Waals surface area (Å²) in [5, 5.41) is 0.119. The third kappa shape index (κ3) is 4.35. The van der Waals surface area contributed by atoms with Crippen molar-refractivity contribution >= 4 is 53.2 Å². The molecule has 0 bridgehead atoms. The molecular formula is C12H14BrCl2NO3S. The highest BCUT2D eigenvalue weighted by molar-refractivity contribution is 9.10. The van der Waals surface area contributed by atoms with Crippen molar-refractivity contribution in [3.8, 4) is 0 Å². The number of benzene rings is 1. The van der Waals surface area contributed by atoms with Gasteiger partial charge in [-0.05, 0) is 34.0 Å². The van der Waals surface area contributed by atoms with Crippen LogP contribution in [0.2, 0.25) is 5.02 Å². The Bertz CT molecular complexity index is 632. The maximum Gasteiger partial charge on any atom is 0.262 e. The normalized spacial score (nSPS) is 11.8. The molecule has 0 aliphatic heterocycles. The van der Waals surface area contributed by atoms with E-state index in [4.69, 9.17) is 22.3 Å². The van der Waals surface area contributed by atoms with Crippen LogP contribution in [0.5, 0.6) is 0 Å². The van der Waals surface area contributed by atoms with Gasteiger partial charge in [0.15, 0.2) is 0 Å². The maximum absolute atomic E-state index is 12.2. The summed E-state index contributed by atoms with van der Waals surface area (Å²) in [5.74, 6) is -0.0132. The van der Waals surface area contributed by atoms with E-state index >= 15 is 0 Å². The highest BCUT2D eigenvalue weighted by atomic mass is 79.9. The predicted octanol–water partition coefficient (Wildman–Crippen LogP) is 3.76. The number of halogens is 3. The van der Waals surface area contributed by atoms with E-state index in [0.29, 0.717) is 12.5 Å². The first-order chi connectivity index (χ1) is 9.04. The molecule has 0 saturated heterocycles. The third-order valence-corrected chi connectivity index (χ3v) is 5.48. The number of hydrogen-bond acceptors (Lipinski definition) is 3. The number of amides is 1. The zero-order chi connectivity index (χ0) is 15.7. The fourth-order valence-corrected chi connectivity index (χ4v) is 4.10. The van der Waals surface area contributed by atoms with Crippen molar-refractivity contribution in [3.63, 3.8) is 0 Å². The molecule has 4 nitrogen and oxygen atoms in total. The molecule has 112 valence electrons. The van der Waals surface area contributed by atoms with Gasteiger partial charge < -0.3 is 4.90 Å². The summed E-state index contributed by atoms with van der Waals surface area (Å²) in [6.07, 6.45) is 0. The summed E-state index contributed by atoms with van der Waals surface area (Å²) in [6.45, 7) is 4.51. The largest absolute Gasteiger partial charge is 0.341 e. The summed E-state index contributed by atoms with van der Waals surface area (Å²) < 4.78 is 23.1. The molecule has 0 atom stereocenters. The highest BCUT2D eigenvalue weighted by Gasteiger charge is 2.22. The van der Waals surface area contributed by atoms with E-state index in [1.54, 1.807) is 7.05 Å². The number of nitrogens with zero attached hydrogens (tertiary/aromatic N) is 1. The molecule has 0 unspecified atom stereocenters. The van der Waals surface area contributed by atoms with Crippen LogP contribution in [0.3, 0.4) is 0 Å². The second-order valence-corrected chi connectivity index (χ2v) is 8.52. The van der Waals surface area contributed by atoms with Crippen molar-refractivity contribution in [3.05, 3.63) is 27.2 Å². The van der Waals surface area contributed by atoms with E-state index in [-0.39, 0.29) is 25.9 Å². The lowest BCUT2D eigenvalue weighted by Crippen LogP contribution is -2.30. The fourth-order valence-electron chi connectivity index (χ4n) is 1.72. The average Bonchev–Trinajstić information content (AvgIpc) is 2.29. The highest BCUT2D eigenvalue weighted by Crippen LogP contribution is 2.33. The van der Waals surface area contributed by atoms with Crippen molar-refractivity contribution in [1.29, 1.82) is 0 Å². The Kier molecular flexibility index (Phi) is 5.89. The number of carbonyl (C=O) groups is 1. The number of hydrogen-bond donors (Lipinski definition) is 0. The Morgan fingerprint density at radius 3 is 2.40 bits per heavy atom. The Morgan fingerprint density at radius 1 is 1.40 bits per heavy atom. The van der Waals surface area contributed by atoms with Crippen LogP contribution in [0.25, 0.3) is 0 Å². The van der Waals surface area contributed by atoms with Crippen molar-refractivity contribution in [1.82, 2.24) is 4.90 Å². The first-order valence-corrected chi connectivity index (χ1v) is 9.21. The van der Waals surface area contributed by atoms with E-state index in [1.165, 1.54) is 17.0 Å². The summed E-state index contributed by atoms with van der Waals surface area (Å²) >= 11 is 8.99. The molecule has 0 heterocycles. The molecule has 0 spiro atoms. The smallest absolute Gasteiger partial charge is 0.262 e. The lowest BCUT2D eigenvalue weighted by Gasteiger charge is -2.20. The minimum Gasteiger partial charge on any atom is -0.341 e. The van der Waals surface area contributed by atoms with E-state index < -0.39 is 9.05 Å². The van der Waals surface area contributed by atoms with Crippen molar-refractivity contribution in [2.75, 3.05) is 13.6 Å². The van der Waals surface area contributed by atoms with E-state index in [1.807, 2.05) is 13.8 Å². The Morgan fingerprint density at radius 2 is 1.95 bits per heavy atom. The van der Waals surface area contributed by atoms with Crippen LogP contribution in [0.1, 0.15) is 24.2 Å². The fraction of sp³-hybridized carbons (Fsp3) is 0.417. The van der Waals surface area contributed by atoms with Crippen LogP contribution in [0.4, 0.5) is 0 Å². The van der Waals surface area contributed by atoms with Gasteiger partial charge in [-0.25, -0.2) is 8.42 Å². The Hall–Kier alpha value is -0.300. The molecule has 0 saturated carbocycles. The van der Waals surface area contributed by atoms with E-state index in [0.717, 1.165) is 0 Å². The first-order valence-electron chi connectivity index (χ1n) is 5.73. The maximum atomic E-state index is 12.2. The van der Waals surface area contributed by atoms with Gasteiger partial charge >= 0.3 is 0 Å². The molecule has 0 aliphatic rings. The van der Waals surface area contributed by atoms with Crippen LogP contribution in [0.15, 0.2) is 21.5 Å². The summed E-state index contributed by atoms with van der Waals surface area (Å²) in [6, 6.07) is 2.63. The first kappa shape index (κ1) is 17.8. The van der Waals surface area contributed by atoms with Gasteiger partial charge in [0.25, 0.3) is 15.0 Å². The summed E-state index contributed by atoms with van der Waals surface area (Å²) in [4.78, 5) is 13.5. The molecule has 1 aromatic rings. The standard InChI is InChI=1S/C12H14BrCl2NO3S/c1-7(2)6-16(3)12(17)8-4-9(14)11(13)10(5-8)20(15,18)19/h4-5,7H,6H2,1-3H3. The molecule has 20 heavy (non-hydrogen) atoms. The second kappa shape index (κ2) is 6.64. The molecule has 0 radical (unpaired) electrons. The SMILES string of the molecule is CC(C)CN(C)C(=O)c1cc(Cl)c(Br)c(S(=O)(=O)Cl)c1. The molecule has 0 aromatic heterocycles. The third-order valence-electron chi connectivity index (χ3n) is 2.49. The van der Waals surface area contributed by atoms with Crippen LogP contribution >= 0.6 is 38.2 Å². The van der Waals surface area contributed by atoms with Gasteiger partial charge in [-0.3, -0.25) is 4.79 Å². The molecule has 1 amide bonds. The molecule has 0 N–H and O–H groups in total. The van der Waals surface area contributed by atoms with Gasteiger partial charge in [0.2, 0.25) is 0 Å². The van der Waals surface area contributed by atoms with Crippen LogP contribution in [-0.2, 0) is 9.05 Å². The van der Waals surface area contributed by atoms with Crippen molar-refractivity contribution in [2.45, 2.75) is 18.7 Å². The molecular weight excluding hydrogens is 389 g/mol. The monoisotopic (exact) mass is 401 g/mol. The number of rotatable bonds is 4. The molecule has 1 rings (SSSR count). The Balaban J connectivity index is 3.28. The van der Waals surface area contributed by atoms with E-state index in [2.05, 4.69) is 15.9 Å². The van der Waals surface area contributed by atoms with Gasteiger partial charge in [0.1, 0.15) is 0 Å². The van der Waals surface area contributed by atoms with Crippen molar-refractivity contribution in [2.24, 2.45) is 5.92 Å². The zero-order valence-electron chi connectivity index (χ0n) is 11.2. The topological polar surface area (TPSA) is 54.5 Å². The minimum atomic E-state index is -3.99. The van der Waals surface area contributed by atoms with Crippen LogP contribution in [0, 0.1) is 5.92 Å². The average molecular weight is 403 g/mol. The Labute approximate surface area is 136 Å². The van der Waals surface area contributed by atoms with E-state index in [9.17, 15) is 13.2 Å². The summed E-state index contributed by atoms with van der Waals surface area (Å²) in [5.41, 5.74) is 0.181. The quantitative estimate of drug-likeness (QED) is 0.720. The zero-order valence-corrected chi connectivity index (χ0v) is 15.1. The van der Waals surface area contributed by atoms with Gasteiger partial charge in [-0.2, -0.15) is 0 Å². The molecule has 8 heteroatoms. The van der Waals surface area contributed by atoms with Crippen molar-refractivity contribution < 1.29 is 13.2 Å². The summed E-state index contributed by atoms with van der Waals surface area (Å²) in [7, 11) is 2.99. The van der Waals surface area contributed by atoms with Crippen LogP contribution in [-0.4, -0.2) is 32.8 Å². The van der Waals surface area contributed by atoms with Gasteiger partial charge in [0.05, 0.1) is 14.4 Å². The number of carbonyl (C=O) groups excluding carboxylic acids is 1. The lowest BCUT2D eigenvalue weighted by atomic mass is 10.1. The minimum absolute atomic E-state index is 0.119. The van der Waals surface area contributed by atoms with Gasteiger partial charge in [-0.15, -0.1) is 0 Å². The molecule has 0 fully saturated rings. The van der Waals surface area contributed by atoms with Crippen LogP contribution < -0.4 is 0 Å². The van der Waals surface area contributed by atoms with Gasteiger partial charge in [-0.1, -0.05) is 25.4 Å². The molecule has 1 aromatic carbocycles. The second-order valence-electron chi connectivity index (χ2n) is 4.79. The van der Waals surface area contributed by atoms with Gasteiger partial charge in [0, 0.05) is 29.8 Å².